The number of rotatable bonds is 18. The van der Waals surface area contributed by atoms with Gasteiger partial charge in [0.1, 0.15) is 11.4 Å². The molecule has 2 N–H and O–H groups in total. The SMILES string of the molecule is C#Cc1cnc2cccnn12.Cc1ccc(C(=O)Nc2ccc(C=O)c(C(F)(F)F)c2)cc1C#Cc1cnc2cccnn12.Cc1ccc(C(=O)Nc2ccc(C=O)c(C(F)(F)F)c2)cc1I.[2H]CF.[Cu][I].[Pd].c1ccc(P(c2ccccc2)c2ccccc2)cc1.c1ccc(P(c2ccccc2)c2ccccc2)cc1.c1ccc(P(c2ccccc2)c2ccccc2)cc1.c1ccc(P(c2ccccc2)c2ccccc2)cc1. The van der Waals surface area contributed by atoms with Gasteiger partial charge in [0.2, 0.25) is 0 Å². The molecule has 0 unspecified atom stereocenters. The van der Waals surface area contributed by atoms with E-state index in [1.54, 1.807) is 103 Å². The average Bonchev–Trinajstić information content (AvgIpc) is 1.39. The van der Waals surface area contributed by atoms with Crippen molar-refractivity contribution in [1.29, 1.82) is 0 Å². The third kappa shape index (κ3) is 33.3. The number of amides is 2. The van der Waals surface area contributed by atoms with E-state index in [0.29, 0.717) is 28.2 Å². The summed E-state index contributed by atoms with van der Waals surface area (Å²) < 4.78 is 97.8. The fourth-order valence-electron chi connectivity index (χ4n) is 14.7. The van der Waals surface area contributed by atoms with Gasteiger partial charge in [-0.3, -0.25) is 23.6 Å². The molecule has 20 aromatic rings. The van der Waals surface area contributed by atoms with Crippen molar-refractivity contribution in [2.24, 2.45) is 0 Å². The first-order chi connectivity index (χ1) is 72.1. The number of aryl methyl sites for hydroxylation is 2. The number of alkyl halides is 7. The monoisotopic (exact) mass is 2400 g/mol. The predicted octanol–water partition coefficient (Wildman–Crippen LogP) is 25.2. The van der Waals surface area contributed by atoms with E-state index in [0.717, 1.165) is 44.6 Å². The molecule has 0 aliphatic carbocycles. The number of fused-ring (bicyclic) bond motifs is 2. The first kappa shape index (κ1) is 113. The van der Waals surface area contributed by atoms with Crippen LogP contribution < -0.4 is 74.3 Å². The van der Waals surface area contributed by atoms with Crippen LogP contribution in [0.5, 0.6) is 0 Å². The maximum atomic E-state index is 13.2. The molecule has 148 heavy (non-hydrogen) atoms. The molecule has 27 heteroatoms. The molecule has 0 bridgehead atoms. The minimum Gasteiger partial charge on any atom is -0.0622 e. The van der Waals surface area contributed by atoms with Crippen molar-refractivity contribution >= 4 is 185 Å². The fraction of sp³-hybridized carbons (Fsp3) is 0.0413. The summed E-state index contributed by atoms with van der Waals surface area (Å²) in [5, 5.41) is 29.8. The minimum atomic E-state index is -4.73. The van der Waals surface area contributed by atoms with Crippen LogP contribution in [0.2, 0.25) is 0 Å². The molecular formula is C121H94CuF7I2N8O4P4Pd. The largest absolute Gasteiger partial charge is 0.0622 e. The molecule has 12 nitrogen and oxygen atoms in total. The second-order valence-corrected chi connectivity index (χ2v) is 41.4. The molecule has 0 saturated carbocycles. The third-order valence-electron chi connectivity index (χ3n) is 21.6. The molecule has 0 fully saturated rings. The number of terminal acetylenes is 1. The van der Waals surface area contributed by atoms with Crippen molar-refractivity contribution < 1.29 is 84.5 Å². The van der Waals surface area contributed by atoms with E-state index in [4.69, 9.17) is 7.79 Å². The van der Waals surface area contributed by atoms with Gasteiger partial charge in [0.05, 0.1) is 32.0 Å². The molecule has 4 heterocycles. The van der Waals surface area contributed by atoms with Crippen LogP contribution in [-0.4, -0.2) is 60.7 Å². The Hall–Kier alpha value is -14.0. The first-order valence-corrected chi connectivity index (χ1v) is 54.8. The van der Waals surface area contributed by atoms with Crippen LogP contribution in [0, 0.1) is 41.6 Å². The van der Waals surface area contributed by atoms with E-state index < -0.39 is 85.3 Å². The average molecular weight is 2410 g/mol. The van der Waals surface area contributed by atoms with Crippen LogP contribution in [0.4, 0.5) is 42.1 Å². The minimum absolute atomic E-state index is 0. The normalized spacial score (nSPS) is 10.5. The number of aldehydes is 2. The van der Waals surface area contributed by atoms with Crippen molar-refractivity contribution in [2.45, 2.75) is 26.2 Å². The molecule has 0 radical (unpaired) electrons. The number of anilines is 2. The fourth-order valence-corrected chi connectivity index (χ4v) is 24.4. The van der Waals surface area contributed by atoms with Crippen LogP contribution >= 0.6 is 74.6 Å². The summed E-state index contributed by atoms with van der Waals surface area (Å²) in [5.74, 6) is 7.33. The number of nitrogens with one attached hydrogen (secondary N) is 2. The van der Waals surface area contributed by atoms with Gasteiger partial charge in [0.25, 0.3) is 11.8 Å². The molecule has 0 aliphatic heterocycles. The molecule has 4 aromatic heterocycles. The Morgan fingerprint density at radius 3 is 0.858 bits per heavy atom. The van der Waals surface area contributed by atoms with Crippen LogP contribution in [0.3, 0.4) is 0 Å². The molecule has 0 spiro atoms. The number of carbonyl (C=O) groups is 4. The maximum absolute atomic E-state index is 13.2. The Bertz CT molecular complexity index is 6850. The second kappa shape index (κ2) is 59.7. The van der Waals surface area contributed by atoms with E-state index >= 15 is 0 Å². The number of aromatic nitrogens is 6. The molecule has 746 valence electrons. The van der Waals surface area contributed by atoms with Crippen molar-refractivity contribution in [3.05, 3.63) is 551 Å². The van der Waals surface area contributed by atoms with Crippen LogP contribution in [0.1, 0.15) is 82.0 Å². The van der Waals surface area contributed by atoms with E-state index in [1.165, 1.54) is 75.8 Å². The second-order valence-electron chi connectivity index (χ2n) is 31.4. The van der Waals surface area contributed by atoms with Crippen LogP contribution in [-0.2, 0) is 45.5 Å². The third-order valence-corrected chi connectivity index (χ3v) is 32.6. The van der Waals surface area contributed by atoms with Gasteiger partial charge >= 0.3 is 45.5 Å². The number of imidazole rings is 2. The number of halogens is 9. The van der Waals surface area contributed by atoms with Gasteiger partial charge in [-0.15, -0.1) is 6.42 Å². The molecular weight excluding hydrogens is 2310 g/mol. The van der Waals surface area contributed by atoms with E-state index in [2.05, 4.69) is 448 Å². The zero-order valence-electron chi connectivity index (χ0n) is 80.3. The van der Waals surface area contributed by atoms with Crippen molar-refractivity contribution in [3.8, 4) is 24.2 Å². The Kier molecular flexibility index (Phi) is 45.5. The summed E-state index contributed by atoms with van der Waals surface area (Å²) in [5.41, 5.74) is 2.33. The molecule has 2 amide bonds. The number of benzene rings is 16. The smallest absolute Gasteiger partial charge is 0 e. The molecule has 20 rings (SSSR count). The molecule has 16 aromatic carbocycles. The van der Waals surface area contributed by atoms with Crippen molar-refractivity contribution in [1.82, 2.24) is 29.2 Å². The van der Waals surface area contributed by atoms with E-state index in [1.807, 2.05) is 26.0 Å². The number of hydrogen-bond acceptors (Lipinski definition) is 8. The zero-order valence-corrected chi connectivity index (χ0v) is 89.6. The van der Waals surface area contributed by atoms with Gasteiger partial charge in [-0.1, -0.05) is 382 Å². The topological polar surface area (TPSA) is 153 Å². The summed E-state index contributed by atoms with van der Waals surface area (Å²) in [4.78, 5) is 54.7. The van der Waals surface area contributed by atoms with Crippen molar-refractivity contribution in [3.63, 3.8) is 0 Å². The standard InChI is InChI=1S/C24H15F3N4O2.4C18H15P.C16H11F3INO2.C8H5N3.CH3F.Cu.HI.Pd/c1-15-4-5-17(11-16(15)7-9-20-13-28-22-3-2-10-29-31(20)22)23(33)30-19-8-6-18(14-32)21(12-19)24(25,26)27;4*1-4-10-16(11-5-1)19(17-12-6-2-7-13-17)18-14-8-3-9-15-18;1-9-2-3-10(6-14(9)20)15(23)21-12-5-4-11(8-22)13(7-12)16(17,18)19;1-2-7-6-9-8-4-3-5-10-11(7)8;1-2;;;/h2-6,8,10-14H,1H3,(H,30,33);4*1-15H;2-8H,1H3,(H,21,23);1,3-6H;1H3;;1H;/q;;;;;;;;+1;;/p-1/i;;;;;;;1D;;;. The van der Waals surface area contributed by atoms with Gasteiger partial charge in [-0.2, -0.15) is 36.5 Å². The van der Waals surface area contributed by atoms with Gasteiger partial charge in [-0.05, 0) is 240 Å². The molecule has 0 atom stereocenters. The van der Waals surface area contributed by atoms with Crippen LogP contribution in [0.25, 0.3) is 11.3 Å². The zero-order chi connectivity index (χ0) is 105. The summed E-state index contributed by atoms with van der Waals surface area (Å²) in [6, 6.07) is 152. The van der Waals surface area contributed by atoms with Gasteiger partial charge in [0, 0.05) is 75.6 Å². The van der Waals surface area contributed by atoms with E-state index in [-0.39, 0.29) is 49.9 Å². The van der Waals surface area contributed by atoms with E-state index in [9.17, 15) is 49.9 Å². The van der Waals surface area contributed by atoms with Crippen molar-refractivity contribution in [2.75, 3.05) is 17.8 Å². The first-order valence-electron chi connectivity index (χ1n) is 46.0. The van der Waals surface area contributed by atoms with Gasteiger partial charge in [-0.25, -0.2) is 19.0 Å². The van der Waals surface area contributed by atoms with Gasteiger partial charge in [0.15, 0.2) is 23.9 Å². The number of carbonyl (C=O) groups excluding carboxylic acids is 4. The number of hydrogen-bond donors (Lipinski definition) is 2. The Labute approximate surface area is 909 Å². The van der Waals surface area contributed by atoms with Gasteiger partial charge < -0.3 is 10.6 Å². The Balaban J connectivity index is 0.000000166. The Morgan fingerprint density at radius 2 is 0.608 bits per heavy atom. The Morgan fingerprint density at radius 1 is 0.358 bits per heavy atom. The predicted molar refractivity (Wildman–Crippen MR) is 606 cm³/mol. The van der Waals surface area contributed by atoms with Crippen LogP contribution in [0.15, 0.2) is 486 Å². The summed E-state index contributed by atoms with van der Waals surface area (Å²) in [7, 11) is -2.78. The molecule has 0 aliphatic rings. The number of nitrogens with zero attached hydrogens (tertiary/aromatic N) is 6. The summed E-state index contributed by atoms with van der Waals surface area (Å²) >= 11 is 7.94. The summed E-state index contributed by atoms with van der Waals surface area (Å²) in [6.07, 6.45) is 2.57. The molecule has 0 saturated heterocycles. The quantitative estimate of drug-likeness (QED) is 0.0215. The maximum Gasteiger partial charge on any atom is 0 e. The summed E-state index contributed by atoms with van der Waals surface area (Å²) in [6.45, 7) is 3.71.